The van der Waals surface area contributed by atoms with E-state index in [1.54, 1.807) is 23.1 Å². The molecule has 2 aromatic carbocycles. The van der Waals surface area contributed by atoms with Gasteiger partial charge < -0.3 is 10.6 Å². The zero-order valence-corrected chi connectivity index (χ0v) is 16.0. The van der Waals surface area contributed by atoms with E-state index >= 15 is 0 Å². The lowest BCUT2D eigenvalue weighted by atomic mass is 9.98. The van der Waals surface area contributed by atoms with Crippen molar-refractivity contribution in [1.29, 1.82) is 0 Å². The monoisotopic (exact) mass is 385 g/mol. The van der Waals surface area contributed by atoms with E-state index in [0.29, 0.717) is 17.0 Å². The molecule has 0 radical (unpaired) electrons. The van der Waals surface area contributed by atoms with Crippen molar-refractivity contribution >= 4 is 21.6 Å². The molecule has 2 fully saturated rings. The minimum absolute atomic E-state index is 0.000522. The Bertz CT molecular complexity index is 972. The van der Waals surface area contributed by atoms with Gasteiger partial charge in [-0.1, -0.05) is 30.3 Å². The first kappa shape index (κ1) is 18.0. The van der Waals surface area contributed by atoms with E-state index in [1.807, 2.05) is 35.2 Å². The molecule has 0 saturated carbocycles. The number of anilines is 1. The van der Waals surface area contributed by atoms with Gasteiger partial charge in [-0.05, 0) is 36.6 Å². The standard InChI is InChI=1S/C20H23N3O3S/c1-27(25,26)19-7-3-2-5-16(19)14-8-10-15(11-9-14)23-13-18-17(21)6-4-12-22(18)20(23)24/h2-3,5,7-11,17-18H,4,6,12-13,21H2,1H3/t17-,18-/m1/s1. The summed E-state index contributed by atoms with van der Waals surface area (Å²) in [5.74, 6) is 0. The van der Waals surface area contributed by atoms with Gasteiger partial charge in [-0.2, -0.15) is 0 Å². The number of urea groups is 1. The lowest BCUT2D eigenvalue weighted by molar-refractivity contribution is 0.175. The van der Waals surface area contributed by atoms with Crippen molar-refractivity contribution in [3.8, 4) is 11.1 Å². The lowest BCUT2D eigenvalue weighted by Gasteiger charge is -2.32. The predicted molar refractivity (Wildman–Crippen MR) is 105 cm³/mol. The number of nitrogens with zero attached hydrogens (tertiary/aromatic N) is 2. The van der Waals surface area contributed by atoms with Crippen LogP contribution in [0.25, 0.3) is 11.1 Å². The summed E-state index contributed by atoms with van der Waals surface area (Å²) < 4.78 is 24.1. The number of benzene rings is 2. The van der Waals surface area contributed by atoms with E-state index in [-0.39, 0.29) is 18.1 Å². The number of rotatable bonds is 3. The molecule has 6 nitrogen and oxygen atoms in total. The highest BCUT2D eigenvalue weighted by Gasteiger charge is 2.42. The van der Waals surface area contributed by atoms with Crippen LogP contribution < -0.4 is 10.6 Å². The Morgan fingerprint density at radius 3 is 2.44 bits per heavy atom. The fourth-order valence-corrected chi connectivity index (χ4v) is 4.95. The summed E-state index contributed by atoms with van der Waals surface area (Å²) in [6, 6.07) is 14.5. The Labute approximate surface area is 159 Å². The smallest absolute Gasteiger partial charge is 0.324 e. The highest BCUT2D eigenvalue weighted by atomic mass is 32.2. The van der Waals surface area contributed by atoms with E-state index in [0.717, 1.165) is 30.6 Å². The second-order valence-electron chi connectivity index (χ2n) is 7.28. The molecule has 7 heteroatoms. The first-order valence-corrected chi connectivity index (χ1v) is 11.0. The molecule has 4 rings (SSSR count). The van der Waals surface area contributed by atoms with Crippen LogP contribution >= 0.6 is 0 Å². The summed E-state index contributed by atoms with van der Waals surface area (Å²) >= 11 is 0. The van der Waals surface area contributed by atoms with Crippen LogP contribution in [0.15, 0.2) is 53.4 Å². The fraction of sp³-hybridized carbons (Fsp3) is 0.350. The lowest BCUT2D eigenvalue weighted by Crippen LogP contribution is -2.50. The van der Waals surface area contributed by atoms with Crippen molar-refractivity contribution in [3.05, 3.63) is 48.5 Å². The SMILES string of the molecule is CS(=O)(=O)c1ccccc1-c1ccc(N2C[C@@H]3[C@H](N)CCCN3C2=O)cc1. The second kappa shape index (κ2) is 6.65. The molecule has 142 valence electrons. The van der Waals surface area contributed by atoms with Crippen LogP contribution in [-0.4, -0.2) is 50.8 Å². The minimum atomic E-state index is -3.32. The number of nitrogens with two attached hydrogens (primary N) is 1. The summed E-state index contributed by atoms with van der Waals surface area (Å²) in [5.41, 5.74) is 8.48. The Hall–Kier alpha value is -2.38. The van der Waals surface area contributed by atoms with Gasteiger partial charge in [-0.25, -0.2) is 13.2 Å². The average molecular weight is 385 g/mol. The van der Waals surface area contributed by atoms with Crippen LogP contribution in [-0.2, 0) is 9.84 Å². The Morgan fingerprint density at radius 1 is 1.07 bits per heavy atom. The summed E-state index contributed by atoms with van der Waals surface area (Å²) in [6.45, 7) is 1.35. The number of hydrogen-bond donors (Lipinski definition) is 1. The van der Waals surface area contributed by atoms with E-state index in [1.165, 1.54) is 6.26 Å². The van der Waals surface area contributed by atoms with Gasteiger partial charge in [0, 0.05) is 36.6 Å². The number of hydrogen-bond acceptors (Lipinski definition) is 4. The van der Waals surface area contributed by atoms with Gasteiger partial charge in [0.2, 0.25) is 0 Å². The highest BCUT2D eigenvalue weighted by molar-refractivity contribution is 7.90. The Kier molecular flexibility index (Phi) is 4.44. The maximum absolute atomic E-state index is 12.7. The molecule has 2 aliphatic heterocycles. The van der Waals surface area contributed by atoms with Crippen LogP contribution in [0.4, 0.5) is 10.5 Å². The fourth-order valence-electron chi connectivity index (χ4n) is 4.04. The van der Waals surface area contributed by atoms with E-state index in [2.05, 4.69) is 0 Å². The highest BCUT2D eigenvalue weighted by Crippen LogP contribution is 2.32. The Morgan fingerprint density at radius 2 is 1.78 bits per heavy atom. The normalized spacial score (nSPS) is 22.8. The van der Waals surface area contributed by atoms with Crippen LogP contribution in [0.2, 0.25) is 0 Å². The molecular weight excluding hydrogens is 362 g/mol. The van der Waals surface area contributed by atoms with Gasteiger partial charge >= 0.3 is 6.03 Å². The molecule has 0 bridgehead atoms. The van der Waals surface area contributed by atoms with Gasteiger partial charge in [0.15, 0.2) is 9.84 Å². The molecule has 2 aliphatic rings. The van der Waals surface area contributed by atoms with E-state index < -0.39 is 9.84 Å². The quantitative estimate of drug-likeness (QED) is 0.880. The molecular formula is C20H23N3O3S. The molecule has 2 atom stereocenters. The summed E-state index contributed by atoms with van der Waals surface area (Å²) in [6.07, 6.45) is 3.10. The van der Waals surface area contributed by atoms with Crippen molar-refractivity contribution in [2.75, 3.05) is 24.2 Å². The van der Waals surface area contributed by atoms with Crippen LogP contribution in [0.3, 0.4) is 0 Å². The third kappa shape index (κ3) is 3.21. The third-order valence-electron chi connectivity index (χ3n) is 5.45. The summed E-state index contributed by atoms with van der Waals surface area (Å²) in [4.78, 5) is 16.7. The molecule has 2 aromatic rings. The number of carbonyl (C=O) groups is 1. The third-order valence-corrected chi connectivity index (χ3v) is 6.61. The van der Waals surface area contributed by atoms with E-state index in [9.17, 15) is 13.2 Å². The van der Waals surface area contributed by atoms with Crippen molar-refractivity contribution < 1.29 is 13.2 Å². The predicted octanol–water partition coefficient (Wildman–Crippen LogP) is 2.49. The summed E-state index contributed by atoms with van der Waals surface area (Å²) in [5, 5.41) is 0. The first-order valence-electron chi connectivity index (χ1n) is 9.09. The molecule has 2 N–H and O–H groups in total. The largest absolute Gasteiger partial charge is 0.326 e. The number of carbonyl (C=O) groups excluding carboxylic acids is 1. The molecule has 2 amide bonds. The van der Waals surface area contributed by atoms with Gasteiger partial charge in [-0.15, -0.1) is 0 Å². The van der Waals surface area contributed by atoms with Crippen LogP contribution in [0.5, 0.6) is 0 Å². The molecule has 0 unspecified atom stereocenters. The topological polar surface area (TPSA) is 83.7 Å². The van der Waals surface area contributed by atoms with Gasteiger partial charge in [0.1, 0.15) is 0 Å². The van der Waals surface area contributed by atoms with Crippen LogP contribution in [0.1, 0.15) is 12.8 Å². The maximum Gasteiger partial charge on any atom is 0.324 e. The minimum Gasteiger partial charge on any atom is -0.326 e. The van der Waals surface area contributed by atoms with Crippen molar-refractivity contribution in [1.82, 2.24) is 4.90 Å². The average Bonchev–Trinajstić information content (AvgIpc) is 3.00. The van der Waals surface area contributed by atoms with Gasteiger partial charge in [-0.3, -0.25) is 4.90 Å². The first-order chi connectivity index (χ1) is 12.9. The van der Waals surface area contributed by atoms with Gasteiger partial charge in [0.25, 0.3) is 0 Å². The van der Waals surface area contributed by atoms with Crippen molar-refractivity contribution in [2.24, 2.45) is 5.73 Å². The number of fused-ring (bicyclic) bond motifs is 1. The van der Waals surface area contributed by atoms with Crippen molar-refractivity contribution in [2.45, 2.75) is 29.8 Å². The Balaban J connectivity index is 1.64. The molecule has 0 aliphatic carbocycles. The molecule has 2 saturated heterocycles. The zero-order valence-electron chi connectivity index (χ0n) is 15.2. The number of piperidine rings is 1. The maximum atomic E-state index is 12.7. The van der Waals surface area contributed by atoms with Crippen LogP contribution in [0, 0.1) is 0 Å². The zero-order chi connectivity index (χ0) is 19.2. The number of amides is 2. The molecule has 2 heterocycles. The number of sulfone groups is 1. The van der Waals surface area contributed by atoms with Gasteiger partial charge in [0.05, 0.1) is 10.9 Å². The molecule has 27 heavy (non-hydrogen) atoms. The molecule has 0 aromatic heterocycles. The van der Waals surface area contributed by atoms with Crippen molar-refractivity contribution in [3.63, 3.8) is 0 Å². The summed E-state index contributed by atoms with van der Waals surface area (Å²) in [7, 11) is -3.32. The van der Waals surface area contributed by atoms with E-state index in [4.69, 9.17) is 5.73 Å². The molecule has 0 spiro atoms. The second-order valence-corrected chi connectivity index (χ2v) is 9.26.